The van der Waals surface area contributed by atoms with Gasteiger partial charge < -0.3 is 10.8 Å². The summed E-state index contributed by atoms with van der Waals surface area (Å²) in [4.78, 5) is 9.57. The molecule has 1 unspecified atom stereocenters. The van der Waals surface area contributed by atoms with Gasteiger partial charge in [0, 0.05) is 0 Å². The van der Waals surface area contributed by atoms with Gasteiger partial charge in [0.25, 0.3) is 0 Å². The zero-order valence-electron chi connectivity index (χ0n) is 3.51. The van der Waals surface area contributed by atoms with Crippen molar-refractivity contribution >= 4 is 35.5 Å². The first kappa shape index (κ1) is 10.4. The van der Waals surface area contributed by atoms with Gasteiger partial charge in [-0.15, -0.1) is 0 Å². The van der Waals surface area contributed by atoms with E-state index in [-0.39, 0.29) is 29.6 Å². The first-order valence-electron chi connectivity index (χ1n) is 1.63. The van der Waals surface area contributed by atoms with E-state index in [9.17, 15) is 4.79 Å². The van der Waals surface area contributed by atoms with E-state index in [1.165, 1.54) is 6.92 Å². The summed E-state index contributed by atoms with van der Waals surface area (Å²) in [5.74, 6) is -0.963. The Hall–Kier alpha value is 0.430. The van der Waals surface area contributed by atoms with Crippen molar-refractivity contribution in [2.75, 3.05) is 0 Å². The van der Waals surface area contributed by atoms with Crippen LogP contribution in [0.3, 0.4) is 0 Å². The van der Waals surface area contributed by atoms with Gasteiger partial charge in [0.2, 0.25) is 0 Å². The molecule has 0 bridgehead atoms. The summed E-state index contributed by atoms with van der Waals surface area (Å²) in [6.07, 6.45) is 0. The van der Waals surface area contributed by atoms with Crippen LogP contribution in [0.4, 0.5) is 0 Å². The summed E-state index contributed by atoms with van der Waals surface area (Å²) in [6.45, 7) is 1.42. The van der Waals surface area contributed by atoms with Gasteiger partial charge in [0.15, 0.2) is 0 Å². The fourth-order valence-electron chi connectivity index (χ4n) is 0. The first-order chi connectivity index (χ1) is 2.64. The number of hydrogen-bond acceptors (Lipinski definition) is 2. The molecule has 1 atom stereocenters. The van der Waals surface area contributed by atoms with E-state index >= 15 is 0 Å². The fourth-order valence-corrected chi connectivity index (χ4v) is 0. The zero-order valence-corrected chi connectivity index (χ0v) is 3.51. The third-order valence-electron chi connectivity index (χ3n) is 0.390. The van der Waals surface area contributed by atoms with Crippen LogP contribution in [-0.4, -0.2) is 46.7 Å². The Morgan fingerprint density at radius 3 is 2.00 bits per heavy atom. The van der Waals surface area contributed by atoms with Crippen LogP contribution >= 0.6 is 0 Å². The fraction of sp³-hybridized carbons (Fsp3) is 0.667. The number of carboxylic acid groups (broad SMARTS) is 1. The van der Waals surface area contributed by atoms with Crippen LogP contribution in [0.5, 0.6) is 0 Å². The van der Waals surface area contributed by atoms with Gasteiger partial charge in [-0.2, -0.15) is 0 Å². The summed E-state index contributed by atoms with van der Waals surface area (Å²) < 4.78 is 0. The summed E-state index contributed by atoms with van der Waals surface area (Å²) in [5.41, 5.74) is 4.84. The maximum atomic E-state index is 9.57. The Balaban J connectivity index is 0. The van der Waals surface area contributed by atoms with Crippen molar-refractivity contribution in [1.29, 1.82) is 0 Å². The van der Waals surface area contributed by atoms with E-state index < -0.39 is 12.0 Å². The molecule has 0 spiro atoms. The summed E-state index contributed by atoms with van der Waals surface area (Å²) >= 11 is 0. The molecule has 0 saturated heterocycles. The Kier molecular flexibility index (Phi) is 6.82. The van der Waals surface area contributed by atoms with Crippen molar-refractivity contribution < 1.29 is 9.90 Å². The molecule has 0 aromatic carbocycles. The third-order valence-corrected chi connectivity index (χ3v) is 0.390. The van der Waals surface area contributed by atoms with E-state index in [0.29, 0.717) is 0 Å². The second-order valence-electron chi connectivity index (χ2n) is 1.13. The van der Waals surface area contributed by atoms with Crippen LogP contribution in [0.15, 0.2) is 0 Å². The van der Waals surface area contributed by atoms with Gasteiger partial charge in [-0.05, 0) is 6.92 Å². The molecule has 0 aliphatic heterocycles. The van der Waals surface area contributed by atoms with Crippen molar-refractivity contribution in [1.82, 2.24) is 0 Å². The monoisotopic (exact) mass is 113 g/mol. The third kappa shape index (κ3) is 6.43. The van der Waals surface area contributed by atoms with Gasteiger partial charge in [0.05, 0.1) is 0 Å². The van der Waals surface area contributed by atoms with E-state index in [4.69, 9.17) is 10.8 Å². The van der Waals surface area contributed by atoms with Crippen molar-refractivity contribution in [3.8, 4) is 0 Å². The first-order valence-corrected chi connectivity index (χ1v) is 1.63. The SMILES string of the molecule is CC(N)C(=O)O.[NaH]. The molecule has 7 heavy (non-hydrogen) atoms. The molecule has 0 aromatic heterocycles. The molecule has 3 N–H and O–H groups in total. The van der Waals surface area contributed by atoms with Gasteiger partial charge in [-0.3, -0.25) is 4.79 Å². The molecule has 0 heterocycles. The van der Waals surface area contributed by atoms with Crippen LogP contribution in [0.25, 0.3) is 0 Å². The second-order valence-corrected chi connectivity index (χ2v) is 1.13. The molecule has 0 aromatic rings. The molecule has 0 radical (unpaired) electrons. The van der Waals surface area contributed by atoms with Crippen molar-refractivity contribution in [3.05, 3.63) is 0 Å². The number of nitrogens with two attached hydrogens (primary N) is 1. The predicted octanol–water partition coefficient (Wildman–Crippen LogP) is -1.23. The average Bonchev–Trinajstić information content (AvgIpc) is 1.36. The van der Waals surface area contributed by atoms with Crippen molar-refractivity contribution in [2.45, 2.75) is 13.0 Å². The number of aliphatic carboxylic acids is 1. The number of carboxylic acids is 1. The molecule has 4 heteroatoms. The second kappa shape index (κ2) is 4.59. The van der Waals surface area contributed by atoms with Crippen LogP contribution in [-0.2, 0) is 4.79 Å². The van der Waals surface area contributed by atoms with Crippen LogP contribution < -0.4 is 5.73 Å². The summed E-state index contributed by atoms with van der Waals surface area (Å²) in [5, 5.41) is 7.87. The molecule has 0 aliphatic carbocycles. The van der Waals surface area contributed by atoms with E-state index in [2.05, 4.69) is 0 Å². The molecule has 0 fully saturated rings. The normalized spacial score (nSPS) is 11.7. The Morgan fingerprint density at radius 1 is 1.86 bits per heavy atom. The van der Waals surface area contributed by atoms with E-state index in [0.717, 1.165) is 0 Å². The summed E-state index contributed by atoms with van der Waals surface area (Å²) in [7, 11) is 0. The molecule has 0 saturated carbocycles. The standard InChI is InChI=1S/C3H7NO2.Na.H/c1-2(4)3(5)6;;/h2H,4H2,1H3,(H,5,6);;. The van der Waals surface area contributed by atoms with Crippen molar-refractivity contribution in [2.24, 2.45) is 5.73 Å². The van der Waals surface area contributed by atoms with E-state index in [1.807, 2.05) is 0 Å². The average molecular weight is 113 g/mol. The van der Waals surface area contributed by atoms with Gasteiger partial charge in [-0.25, -0.2) is 0 Å². The van der Waals surface area contributed by atoms with Crippen LogP contribution in [0, 0.1) is 0 Å². The number of rotatable bonds is 1. The minimum atomic E-state index is -0.963. The van der Waals surface area contributed by atoms with Gasteiger partial charge in [0.1, 0.15) is 6.04 Å². The summed E-state index contributed by atoms with van der Waals surface area (Å²) in [6, 6.07) is -0.731. The topological polar surface area (TPSA) is 63.3 Å². The number of hydrogen-bond donors (Lipinski definition) is 2. The number of carbonyl (C=O) groups is 1. The van der Waals surface area contributed by atoms with E-state index in [1.54, 1.807) is 0 Å². The van der Waals surface area contributed by atoms with Crippen LogP contribution in [0.1, 0.15) is 6.92 Å². The molecule has 38 valence electrons. The molecule has 0 rings (SSSR count). The molecule has 0 aliphatic rings. The molecule has 3 nitrogen and oxygen atoms in total. The minimum absolute atomic E-state index is 0. The molecular weight excluding hydrogens is 105 g/mol. The Bertz CT molecular complexity index is 64.0. The van der Waals surface area contributed by atoms with Crippen molar-refractivity contribution in [3.63, 3.8) is 0 Å². The van der Waals surface area contributed by atoms with Gasteiger partial charge in [-0.1, -0.05) is 0 Å². The zero-order chi connectivity index (χ0) is 5.15. The quantitative estimate of drug-likeness (QED) is 0.418. The Labute approximate surface area is 64.2 Å². The maximum absolute atomic E-state index is 9.57. The van der Waals surface area contributed by atoms with Crippen LogP contribution in [0.2, 0.25) is 0 Å². The Morgan fingerprint density at radius 2 is 2.00 bits per heavy atom. The molecular formula is C3H8NNaO2. The molecule has 0 amide bonds. The predicted molar refractivity (Wildman–Crippen MR) is 28.4 cm³/mol. The van der Waals surface area contributed by atoms with Gasteiger partial charge >= 0.3 is 35.5 Å².